The summed E-state index contributed by atoms with van der Waals surface area (Å²) < 4.78 is 30.4. The van der Waals surface area contributed by atoms with E-state index in [0.29, 0.717) is 49.7 Å². The van der Waals surface area contributed by atoms with Gasteiger partial charge in [-0.15, -0.1) is 0 Å². The smallest absolute Gasteiger partial charge is 0.270 e. The molecule has 2 fully saturated rings. The van der Waals surface area contributed by atoms with E-state index in [4.69, 9.17) is 4.99 Å². The van der Waals surface area contributed by atoms with Crippen LogP contribution in [0.15, 0.2) is 46.3 Å². The topological polar surface area (TPSA) is 120 Å². The lowest BCUT2D eigenvalue weighted by Gasteiger charge is -2.36. The highest BCUT2D eigenvalue weighted by Crippen LogP contribution is 2.35. The lowest BCUT2D eigenvalue weighted by Crippen LogP contribution is -2.45. The molecule has 4 rings (SSSR count). The van der Waals surface area contributed by atoms with Crippen molar-refractivity contribution >= 4 is 44.9 Å². The third kappa shape index (κ3) is 9.13. The monoisotopic (exact) mass is 682 g/mol. The number of benzene rings is 2. The van der Waals surface area contributed by atoms with Crippen molar-refractivity contribution in [3.05, 3.63) is 52.1 Å². The molecule has 0 saturated carbocycles. The molecule has 0 N–H and O–H groups in total. The highest BCUT2D eigenvalue weighted by atomic mass is 32.2. The fourth-order valence-electron chi connectivity index (χ4n) is 6.79. The number of non-ortho nitro benzene ring substituents is 1. The first kappa shape index (κ1) is 37.3. The number of anilines is 2. The standard InChI is InChI=1S/C36H54N6O5S/c1-7-38(8-2)36(43)29-13-12-20-40(26-29)33-17-15-32(42(44)45)21-30(33)23-37-31-14-16-34(39-18-10-9-11-19-39)35(22-31)48(46,47)41(24-27(3)4)25-28(5)6/h14-17,21-23,27-29H,7-13,18-20,24-26H2,1-6H3/t29-/m0/s1. The molecular formula is C36H54N6O5S. The van der Waals surface area contributed by atoms with Crippen LogP contribution in [0.2, 0.25) is 0 Å². The summed E-state index contributed by atoms with van der Waals surface area (Å²) in [6.07, 6.45) is 6.36. The molecule has 0 aromatic heterocycles. The number of amides is 1. The number of aliphatic imine (C=N–C) groups is 1. The van der Waals surface area contributed by atoms with Crippen molar-refractivity contribution in [2.24, 2.45) is 22.7 Å². The Balaban J connectivity index is 1.75. The Morgan fingerprint density at radius 2 is 1.56 bits per heavy atom. The number of piperidine rings is 2. The van der Waals surface area contributed by atoms with E-state index in [2.05, 4.69) is 9.80 Å². The second-order valence-electron chi connectivity index (χ2n) is 13.9. The summed E-state index contributed by atoms with van der Waals surface area (Å²) in [5.74, 6) is 0.283. The number of nitro groups is 1. The lowest BCUT2D eigenvalue weighted by atomic mass is 9.95. The van der Waals surface area contributed by atoms with E-state index >= 15 is 0 Å². The Morgan fingerprint density at radius 1 is 0.938 bits per heavy atom. The number of nitrogens with zero attached hydrogens (tertiary/aromatic N) is 6. The molecular weight excluding hydrogens is 628 g/mol. The van der Waals surface area contributed by atoms with Gasteiger partial charge in [0.05, 0.1) is 22.2 Å². The molecule has 2 aliphatic rings. The van der Waals surface area contributed by atoms with E-state index in [-0.39, 0.29) is 34.2 Å². The first-order valence-corrected chi connectivity index (χ1v) is 19.0. The van der Waals surface area contributed by atoms with Crippen LogP contribution in [-0.4, -0.2) is 87.0 Å². The van der Waals surface area contributed by atoms with Crippen LogP contribution in [0.3, 0.4) is 0 Å². The molecule has 0 unspecified atom stereocenters. The molecule has 2 aliphatic heterocycles. The summed E-state index contributed by atoms with van der Waals surface area (Å²) in [6, 6.07) is 10.1. The average molecular weight is 683 g/mol. The van der Waals surface area contributed by atoms with E-state index in [1.807, 2.05) is 58.6 Å². The molecule has 2 saturated heterocycles. The molecule has 12 heteroatoms. The number of hydrogen-bond donors (Lipinski definition) is 0. The predicted octanol–water partition coefficient (Wildman–Crippen LogP) is 6.72. The molecule has 2 aromatic rings. The van der Waals surface area contributed by atoms with E-state index in [9.17, 15) is 23.3 Å². The van der Waals surface area contributed by atoms with Crippen molar-refractivity contribution in [3.8, 4) is 0 Å². The minimum atomic E-state index is -3.86. The number of sulfonamides is 1. The van der Waals surface area contributed by atoms with Crippen LogP contribution in [-0.2, 0) is 14.8 Å². The van der Waals surface area contributed by atoms with E-state index in [0.717, 1.165) is 57.4 Å². The van der Waals surface area contributed by atoms with Crippen LogP contribution < -0.4 is 9.80 Å². The SMILES string of the molecule is CCN(CC)C(=O)[C@H]1CCCN(c2ccc([N+](=O)[O-])cc2C=Nc2ccc(N3CCCCC3)c(S(=O)(=O)N(CC(C)C)CC(C)C)c2)C1. The molecule has 0 spiro atoms. The van der Waals surface area contributed by atoms with Crippen LogP contribution >= 0.6 is 0 Å². The summed E-state index contributed by atoms with van der Waals surface area (Å²) in [4.78, 5) is 35.7. The second kappa shape index (κ2) is 16.7. The van der Waals surface area contributed by atoms with E-state index in [1.165, 1.54) is 12.1 Å². The van der Waals surface area contributed by atoms with Gasteiger partial charge in [-0.3, -0.25) is 19.9 Å². The van der Waals surface area contributed by atoms with Crippen LogP contribution in [0.1, 0.15) is 79.2 Å². The lowest BCUT2D eigenvalue weighted by molar-refractivity contribution is -0.384. The largest absolute Gasteiger partial charge is 0.370 e. The average Bonchev–Trinajstić information content (AvgIpc) is 3.07. The van der Waals surface area contributed by atoms with Gasteiger partial charge in [0, 0.05) is 82.0 Å². The highest BCUT2D eigenvalue weighted by Gasteiger charge is 2.32. The third-order valence-corrected chi connectivity index (χ3v) is 11.0. The van der Waals surface area contributed by atoms with Gasteiger partial charge in [0.15, 0.2) is 0 Å². The minimum Gasteiger partial charge on any atom is -0.370 e. The highest BCUT2D eigenvalue weighted by molar-refractivity contribution is 7.89. The predicted molar refractivity (Wildman–Crippen MR) is 194 cm³/mol. The van der Waals surface area contributed by atoms with Gasteiger partial charge in [0.2, 0.25) is 15.9 Å². The molecule has 11 nitrogen and oxygen atoms in total. The van der Waals surface area contributed by atoms with Crippen molar-refractivity contribution in [1.82, 2.24) is 9.21 Å². The third-order valence-electron chi connectivity index (χ3n) is 9.16. The Kier molecular flexibility index (Phi) is 13.0. The molecule has 2 aromatic carbocycles. The van der Waals surface area contributed by atoms with Gasteiger partial charge in [0.25, 0.3) is 5.69 Å². The normalized spacial score (nSPS) is 17.6. The maximum absolute atomic E-state index is 14.4. The van der Waals surface area contributed by atoms with Gasteiger partial charge >= 0.3 is 0 Å². The zero-order valence-corrected chi connectivity index (χ0v) is 30.4. The Hall–Kier alpha value is -3.51. The van der Waals surface area contributed by atoms with Crippen molar-refractivity contribution < 1.29 is 18.1 Å². The zero-order valence-electron chi connectivity index (χ0n) is 29.6. The Labute approximate surface area is 287 Å². The molecule has 0 radical (unpaired) electrons. The van der Waals surface area contributed by atoms with E-state index in [1.54, 1.807) is 22.7 Å². The number of rotatable bonds is 14. The summed E-state index contributed by atoms with van der Waals surface area (Å²) in [5, 5.41) is 11.8. The van der Waals surface area contributed by atoms with Crippen LogP contribution in [0.5, 0.6) is 0 Å². The van der Waals surface area contributed by atoms with Gasteiger partial charge in [-0.05, 0) is 82.1 Å². The first-order chi connectivity index (χ1) is 22.8. The van der Waals surface area contributed by atoms with Crippen molar-refractivity contribution in [1.29, 1.82) is 0 Å². The van der Waals surface area contributed by atoms with Crippen molar-refractivity contribution in [2.75, 3.05) is 62.2 Å². The Bertz CT molecular complexity index is 1540. The summed E-state index contributed by atoms with van der Waals surface area (Å²) in [5.41, 5.74) is 2.40. The fourth-order valence-corrected chi connectivity index (χ4v) is 8.79. The second-order valence-corrected chi connectivity index (χ2v) is 15.8. The molecule has 1 atom stereocenters. The van der Waals surface area contributed by atoms with E-state index < -0.39 is 14.9 Å². The van der Waals surface area contributed by atoms with Crippen molar-refractivity contribution in [2.45, 2.75) is 78.5 Å². The van der Waals surface area contributed by atoms with Crippen LogP contribution in [0.4, 0.5) is 22.7 Å². The summed E-state index contributed by atoms with van der Waals surface area (Å²) in [6.45, 7) is 17.0. The Morgan fingerprint density at radius 3 is 2.17 bits per heavy atom. The maximum atomic E-state index is 14.4. The first-order valence-electron chi connectivity index (χ1n) is 17.6. The molecule has 1 amide bonds. The number of carbonyl (C=O) groups excluding carboxylic acids is 1. The molecule has 0 aliphatic carbocycles. The molecule has 0 bridgehead atoms. The fraction of sp³-hybridized carbons (Fsp3) is 0.611. The van der Waals surface area contributed by atoms with Gasteiger partial charge in [-0.25, -0.2) is 8.42 Å². The minimum absolute atomic E-state index is 0.0605. The van der Waals surface area contributed by atoms with Gasteiger partial charge in [-0.2, -0.15) is 4.31 Å². The quantitative estimate of drug-likeness (QED) is 0.123. The number of carbonyl (C=O) groups is 1. The van der Waals surface area contributed by atoms with Gasteiger partial charge in [-0.1, -0.05) is 27.7 Å². The molecule has 48 heavy (non-hydrogen) atoms. The molecule has 2 heterocycles. The summed E-state index contributed by atoms with van der Waals surface area (Å²) in [7, 11) is -3.86. The maximum Gasteiger partial charge on any atom is 0.270 e. The molecule has 264 valence electrons. The number of nitro benzene ring substituents is 1. The van der Waals surface area contributed by atoms with Gasteiger partial charge in [0.1, 0.15) is 4.90 Å². The van der Waals surface area contributed by atoms with Crippen LogP contribution in [0, 0.1) is 27.9 Å². The van der Waals surface area contributed by atoms with Crippen molar-refractivity contribution in [3.63, 3.8) is 0 Å². The van der Waals surface area contributed by atoms with Gasteiger partial charge < -0.3 is 14.7 Å². The summed E-state index contributed by atoms with van der Waals surface area (Å²) >= 11 is 0. The van der Waals surface area contributed by atoms with Crippen LogP contribution in [0.25, 0.3) is 0 Å². The number of hydrogen-bond acceptors (Lipinski definition) is 8. The zero-order chi connectivity index (χ0) is 35.0.